The number of ether oxygens (including phenoxy) is 1. The molecule has 0 aromatic carbocycles. The van der Waals surface area contributed by atoms with Gasteiger partial charge >= 0.3 is 0 Å². The van der Waals surface area contributed by atoms with Crippen LogP contribution >= 0.6 is 23.7 Å². The number of thiophene rings is 1. The van der Waals surface area contributed by atoms with E-state index in [9.17, 15) is 4.79 Å². The molecule has 6 heteroatoms. The van der Waals surface area contributed by atoms with Gasteiger partial charge in [-0.2, -0.15) is 11.3 Å². The summed E-state index contributed by atoms with van der Waals surface area (Å²) in [6.07, 6.45) is 5.82. The van der Waals surface area contributed by atoms with Crippen molar-refractivity contribution < 1.29 is 9.53 Å². The number of nitrogens with zero attached hydrogens (tertiary/aromatic N) is 1. The number of nitrogens with one attached hydrogen (secondary N) is 1. The molecule has 3 fully saturated rings. The fourth-order valence-corrected chi connectivity index (χ4v) is 5.22. The van der Waals surface area contributed by atoms with Crippen molar-refractivity contribution in [3.05, 3.63) is 22.4 Å². The SMILES string of the molecule is CC1CN(C(=O)CC2CC3CCC(C2)N3)CC(c2ccsc2)O1.Cl. The lowest BCUT2D eigenvalue weighted by Gasteiger charge is -2.38. The fourth-order valence-electron chi connectivity index (χ4n) is 4.52. The monoisotopic (exact) mass is 370 g/mol. The van der Waals surface area contributed by atoms with Crippen LogP contribution in [0.25, 0.3) is 0 Å². The maximum atomic E-state index is 12.8. The first kappa shape index (κ1) is 18.2. The van der Waals surface area contributed by atoms with E-state index in [1.54, 1.807) is 11.3 Å². The molecule has 2 bridgehead atoms. The predicted molar refractivity (Wildman–Crippen MR) is 98.7 cm³/mol. The number of hydrogen-bond acceptors (Lipinski definition) is 4. The molecule has 1 aromatic rings. The van der Waals surface area contributed by atoms with Crippen molar-refractivity contribution in [3.8, 4) is 0 Å². The van der Waals surface area contributed by atoms with Crippen LogP contribution in [0, 0.1) is 5.92 Å². The molecule has 3 aliphatic rings. The van der Waals surface area contributed by atoms with Crippen molar-refractivity contribution >= 4 is 29.7 Å². The molecule has 3 saturated heterocycles. The molecule has 4 heterocycles. The summed E-state index contributed by atoms with van der Waals surface area (Å²) in [5.41, 5.74) is 1.21. The number of fused-ring (bicyclic) bond motifs is 2. The Labute approximate surface area is 154 Å². The molecule has 0 spiro atoms. The molecule has 24 heavy (non-hydrogen) atoms. The van der Waals surface area contributed by atoms with E-state index < -0.39 is 0 Å². The van der Waals surface area contributed by atoms with Crippen LogP contribution in [0.3, 0.4) is 0 Å². The lowest BCUT2D eigenvalue weighted by molar-refractivity contribution is -0.146. The van der Waals surface area contributed by atoms with E-state index in [2.05, 4.69) is 29.1 Å². The van der Waals surface area contributed by atoms with E-state index in [1.165, 1.54) is 31.2 Å². The van der Waals surface area contributed by atoms with Crippen LogP contribution < -0.4 is 5.32 Å². The van der Waals surface area contributed by atoms with Gasteiger partial charge in [0.25, 0.3) is 0 Å². The molecule has 1 amide bonds. The van der Waals surface area contributed by atoms with Crippen LogP contribution in [0.5, 0.6) is 0 Å². The zero-order valence-electron chi connectivity index (χ0n) is 14.1. The van der Waals surface area contributed by atoms with E-state index in [0.717, 1.165) is 13.0 Å². The van der Waals surface area contributed by atoms with Crippen molar-refractivity contribution in [3.63, 3.8) is 0 Å². The van der Waals surface area contributed by atoms with Gasteiger partial charge in [0.2, 0.25) is 5.91 Å². The highest BCUT2D eigenvalue weighted by Gasteiger charge is 2.36. The van der Waals surface area contributed by atoms with Gasteiger partial charge in [-0.1, -0.05) is 0 Å². The van der Waals surface area contributed by atoms with E-state index in [0.29, 0.717) is 30.5 Å². The Morgan fingerprint density at radius 1 is 1.33 bits per heavy atom. The van der Waals surface area contributed by atoms with Crippen molar-refractivity contribution in [1.82, 2.24) is 10.2 Å². The highest BCUT2D eigenvalue weighted by Crippen LogP contribution is 2.34. The van der Waals surface area contributed by atoms with E-state index >= 15 is 0 Å². The normalized spacial score (nSPS) is 35.5. The molecule has 0 radical (unpaired) electrons. The molecule has 4 unspecified atom stereocenters. The summed E-state index contributed by atoms with van der Waals surface area (Å²) >= 11 is 1.69. The third-order valence-corrected chi connectivity index (χ3v) is 6.26. The number of rotatable bonds is 3. The second kappa shape index (κ2) is 7.73. The predicted octanol–water partition coefficient (Wildman–Crippen LogP) is 3.38. The number of amides is 1. The summed E-state index contributed by atoms with van der Waals surface area (Å²) < 4.78 is 6.05. The van der Waals surface area contributed by atoms with Gasteiger partial charge in [0.15, 0.2) is 0 Å². The lowest BCUT2D eigenvalue weighted by Crippen LogP contribution is -2.47. The third kappa shape index (κ3) is 3.96. The van der Waals surface area contributed by atoms with E-state index in [1.807, 2.05) is 4.90 Å². The van der Waals surface area contributed by atoms with Crippen LogP contribution in [0.15, 0.2) is 16.8 Å². The van der Waals surface area contributed by atoms with Gasteiger partial charge in [0, 0.05) is 25.0 Å². The van der Waals surface area contributed by atoms with Gasteiger partial charge < -0.3 is 15.0 Å². The number of carbonyl (C=O) groups excluding carboxylic acids is 1. The molecule has 0 saturated carbocycles. The standard InChI is InChI=1S/C18H26N2O2S.ClH/c1-12-9-20(10-17(22-12)14-4-5-23-11-14)18(21)8-13-6-15-2-3-16(7-13)19-15;/h4-5,11-13,15-17,19H,2-3,6-10H2,1H3;1H. The minimum atomic E-state index is 0. The number of carbonyl (C=O) groups is 1. The van der Waals surface area contributed by atoms with Crippen molar-refractivity contribution in [2.45, 2.75) is 63.3 Å². The summed E-state index contributed by atoms with van der Waals surface area (Å²) in [4.78, 5) is 14.9. The van der Waals surface area contributed by atoms with Crippen LogP contribution in [0.4, 0.5) is 0 Å². The van der Waals surface area contributed by atoms with Crippen LogP contribution in [0.1, 0.15) is 50.7 Å². The molecule has 3 aliphatic heterocycles. The van der Waals surface area contributed by atoms with Crippen molar-refractivity contribution in [1.29, 1.82) is 0 Å². The second-order valence-corrected chi connectivity index (χ2v) is 8.25. The molecule has 4 rings (SSSR count). The van der Waals surface area contributed by atoms with Gasteiger partial charge in [0.1, 0.15) is 6.10 Å². The summed E-state index contributed by atoms with van der Waals surface area (Å²) in [5, 5.41) is 7.88. The highest BCUT2D eigenvalue weighted by molar-refractivity contribution is 7.07. The zero-order chi connectivity index (χ0) is 15.8. The summed E-state index contributed by atoms with van der Waals surface area (Å²) in [6.45, 7) is 3.51. The third-order valence-electron chi connectivity index (χ3n) is 5.56. The minimum absolute atomic E-state index is 0. The topological polar surface area (TPSA) is 41.6 Å². The van der Waals surface area contributed by atoms with Crippen molar-refractivity contribution in [2.75, 3.05) is 13.1 Å². The Kier molecular flexibility index (Phi) is 5.85. The van der Waals surface area contributed by atoms with Gasteiger partial charge in [-0.05, 0) is 60.9 Å². The number of hydrogen-bond donors (Lipinski definition) is 1. The van der Waals surface area contributed by atoms with Gasteiger partial charge in [-0.25, -0.2) is 0 Å². The number of piperidine rings is 1. The smallest absolute Gasteiger partial charge is 0.223 e. The Balaban J connectivity index is 0.00000169. The van der Waals surface area contributed by atoms with Gasteiger partial charge in [-0.15, -0.1) is 12.4 Å². The second-order valence-electron chi connectivity index (χ2n) is 7.47. The zero-order valence-corrected chi connectivity index (χ0v) is 15.8. The number of morpholine rings is 1. The minimum Gasteiger partial charge on any atom is -0.367 e. The molecule has 4 atom stereocenters. The Hall–Kier alpha value is -0.620. The van der Waals surface area contributed by atoms with Gasteiger partial charge in [0.05, 0.1) is 12.6 Å². The maximum absolute atomic E-state index is 12.8. The summed E-state index contributed by atoms with van der Waals surface area (Å²) in [7, 11) is 0. The Bertz CT molecular complexity index is 541. The Morgan fingerprint density at radius 3 is 2.75 bits per heavy atom. The van der Waals surface area contributed by atoms with Crippen LogP contribution in [-0.2, 0) is 9.53 Å². The molecule has 0 aliphatic carbocycles. The van der Waals surface area contributed by atoms with E-state index in [4.69, 9.17) is 4.74 Å². The maximum Gasteiger partial charge on any atom is 0.223 e. The van der Waals surface area contributed by atoms with E-state index in [-0.39, 0.29) is 24.6 Å². The molecular formula is C18H27ClN2O2S. The lowest BCUT2D eigenvalue weighted by atomic mass is 9.89. The molecule has 134 valence electrons. The first-order valence-corrected chi connectivity index (χ1v) is 9.83. The molecule has 1 N–H and O–H groups in total. The quantitative estimate of drug-likeness (QED) is 0.886. The van der Waals surface area contributed by atoms with Crippen molar-refractivity contribution in [2.24, 2.45) is 5.92 Å². The highest BCUT2D eigenvalue weighted by atomic mass is 35.5. The first-order chi connectivity index (χ1) is 11.2. The number of halogens is 1. The van der Waals surface area contributed by atoms with Crippen LogP contribution in [-0.4, -0.2) is 42.1 Å². The largest absolute Gasteiger partial charge is 0.367 e. The molecule has 1 aromatic heterocycles. The first-order valence-electron chi connectivity index (χ1n) is 8.88. The molecule has 4 nitrogen and oxygen atoms in total. The summed E-state index contributed by atoms with van der Waals surface area (Å²) in [5.74, 6) is 0.894. The van der Waals surface area contributed by atoms with Gasteiger partial charge in [-0.3, -0.25) is 4.79 Å². The Morgan fingerprint density at radius 2 is 2.08 bits per heavy atom. The molecular weight excluding hydrogens is 344 g/mol. The fraction of sp³-hybridized carbons (Fsp3) is 0.722. The summed E-state index contributed by atoms with van der Waals surface area (Å²) in [6, 6.07) is 3.43. The average molecular weight is 371 g/mol. The average Bonchev–Trinajstić information content (AvgIpc) is 3.16. The van der Waals surface area contributed by atoms with Crippen LogP contribution in [0.2, 0.25) is 0 Å².